The highest BCUT2D eigenvalue weighted by molar-refractivity contribution is 6.13. The largest absolute Gasteiger partial charge is 0.478 e. The molecule has 0 unspecified atom stereocenters. The lowest BCUT2D eigenvalue weighted by atomic mass is 10.0. The summed E-state index contributed by atoms with van der Waals surface area (Å²) in [5.41, 5.74) is 0.320. The number of anilines is 1. The summed E-state index contributed by atoms with van der Waals surface area (Å²) in [6.45, 7) is 1.36. The number of carbonyl (C=O) groups excluding carboxylic acids is 2. The molecule has 2 rings (SSSR count). The van der Waals surface area contributed by atoms with E-state index in [1.807, 2.05) is 0 Å². The maximum atomic E-state index is 12.2. The summed E-state index contributed by atoms with van der Waals surface area (Å²) in [5.74, 6) is -2.09. The first-order valence-corrected chi connectivity index (χ1v) is 6.10. The second-order valence-corrected chi connectivity index (χ2v) is 4.26. The normalized spacial score (nSPS) is 9.95. The van der Waals surface area contributed by atoms with E-state index < -0.39 is 11.9 Å². The van der Waals surface area contributed by atoms with E-state index in [-0.39, 0.29) is 28.3 Å². The molecule has 1 amide bonds. The Kier molecular flexibility index (Phi) is 4.08. The molecule has 1 aromatic carbocycles. The number of nitrogens with zero attached hydrogens (tertiary/aromatic N) is 1. The van der Waals surface area contributed by atoms with Gasteiger partial charge in [-0.3, -0.25) is 9.59 Å². The zero-order valence-electron chi connectivity index (χ0n) is 11.2. The molecule has 0 atom stereocenters. The van der Waals surface area contributed by atoms with Gasteiger partial charge in [0.25, 0.3) is 5.91 Å². The third-order valence-corrected chi connectivity index (χ3v) is 2.82. The topological polar surface area (TPSA) is 96.4 Å². The fourth-order valence-electron chi connectivity index (χ4n) is 1.84. The van der Waals surface area contributed by atoms with Gasteiger partial charge in [0.2, 0.25) is 0 Å². The number of benzene rings is 1. The van der Waals surface area contributed by atoms with E-state index in [2.05, 4.69) is 10.3 Å². The Bertz CT molecular complexity index is 725. The second kappa shape index (κ2) is 5.96. The summed E-state index contributed by atoms with van der Waals surface area (Å²) in [6.07, 6.45) is 1.37. The minimum absolute atomic E-state index is 0.0617. The van der Waals surface area contributed by atoms with E-state index in [1.54, 1.807) is 12.1 Å². The number of amides is 1. The lowest BCUT2D eigenvalue weighted by Crippen LogP contribution is -2.18. The van der Waals surface area contributed by atoms with Gasteiger partial charge >= 0.3 is 5.97 Å². The van der Waals surface area contributed by atoms with Gasteiger partial charge in [-0.2, -0.15) is 0 Å². The van der Waals surface area contributed by atoms with Gasteiger partial charge in [0, 0.05) is 11.8 Å². The van der Waals surface area contributed by atoms with E-state index in [9.17, 15) is 14.4 Å². The molecule has 0 bridgehead atoms. The minimum atomic E-state index is -1.20. The van der Waals surface area contributed by atoms with Crippen molar-refractivity contribution in [2.45, 2.75) is 6.92 Å². The number of aromatic nitrogens is 1. The number of Topliss-reactive ketones (excluding diaryl/α,β-unsaturated/α-hetero) is 1. The van der Waals surface area contributed by atoms with E-state index in [0.29, 0.717) is 0 Å². The van der Waals surface area contributed by atoms with Crippen LogP contribution in [-0.4, -0.2) is 27.8 Å². The molecule has 0 fully saturated rings. The van der Waals surface area contributed by atoms with E-state index in [4.69, 9.17) is 5.11 Å². The van der Waals surface area contributed by atoms with Crippen molar-refractivity contribution < 1.29 is 19.5 Å². The summed E-state index contributed by atoms with van der Waals surface area (Å²) in [5, 5.41) is 11.5. The van der Waals surface area contributed by atoms with Crippen LogP contribution in [0.15, 0.2) is 42.6 Å². The number of carboxylic acids is 1. The molecule has 6 nitrogen and oxygen atoms in total. The fourth-order valence-corrected chi connectivity index (χ4v) is 1.84. The Hall–Kier alpha value is -3.02. The number of hydrogen-bond acceptors (Lipinski definition) is 4. The second-order valence-electron chi connectivity index (χ2n) is 4.26. The zero-order chi connectivity index (χ0) is 15.4. The average molecular weight is 284 g/mol. The summed E-state index contributed by atoms with van der Waals surface area (Å²) < 4.78 is 0. The molecule has 2 aromatic rings. The summed E-state index contributed by atoms with van der Waals surface area (Å²) in [7, 11) is 0. The average Bonchev–Trinajstić information content (AvgIpc) is 2.47. The van der Waals surface area contributed by atoms with E-state index in [1.165, 1.54) is 37.4 Å². The number of rotatable bonds is 4. The number of carboxylic acid groups (broad SMARTS) is 1. The molecule has 0 saturated heterocycles. The SMILES string of the molecule is CC(=O)c1ccccc1C(=O)Nc1ncccc1C(=O)O. The molecular weight excluding hydrogens is 272 g/mol. The monoisotopic (exact) mass is 284 g/mol. The van der Waals surface area contributed by atoms with Crippen LogP contribution in [0.25, 0.3) is 0 Å². The highest BCUT2D eigenvalue weighted by atomic mass is 16.4. The Morgan fingerprint density at radius 2 is 1.62 bits per heavy atom. The van der Waals surface area contributed by atoms with Gasteiger partial charge < -0.3 is 10.4 Å². The molecule has 0 aliphatic carbocycles. The molecule has 0 saturated carbocycles. The maximum Gasteiger partial charge on any atom is 0.339 e. The van der Waals surface area contributed by atoms with Gasteiger partial charge in [-0.25, -0.2) is 9.78 Å². The van der Waals surface area contributed by atoms with E-state index in [0.717, 1.165) is 0 Å². The fraction of sp³-hybridized carbons (Fsp3) is 0.0667. The number of hydrogen-bond donors (Lipinski definition) is 2. The molecule has 0 radical (unpaired) electrons. The van der Waals surface area contributed by atoms with Crippen LogP contribution in [0.3, 0.4) is 0 Å². The molecule has 0 aliphatic heterocycles. The molecule has 2 N–H and O–H groups in total. The quantitative estimate of drug-likeness (QED) is 0.839. The number of nitrogens with one attached hydrogen (secondary N) is 1. The van der Waals surface area contributed by atoms with E-state index >= 15 is 0 Å². The Morgan fingerprint density at radius 3 is 2.24 bits per heavy atom. The van der Waals surface area contributed by atoms with Gasteiger partial charge in [0.05, 0.1) is 5.56 Å². The van der Waals surface area contributed by atoms with Crippen molar-refractivity contribution in [1.82, 2.24) is 4.98 Å². The first-order chi connectivity index (χ1) is 10.0. The van der Waals surface area contributed by atoms with Crippen molar-refractivity contribution in [3.63, 3.8) is 0 Å². The first-order valence-electron chi connectivity index (χ1n) is 6.10. The molecular formula is C15H12N2O4. The first kappa shape index (κ1) is 14.4. The van der Waals surface area contributed by atoms with Crippen molar-refractivity contribution in [2.75, 3.05) is 5.32 Å². The van der Waals surface area contributed by atoms with Crippen LogP contribution in [0.5, 0.6) is 0 Å². The summed E-state index contributed by atoms with van der Waals surface area (Å²) in [6, 6.07) is 9.10. The molecule has 21 heavy (non-hydrogen) atoms. The summed E-state index contributed by atoms with van der Waals surface area (Å²) >= 11 is 0. The van der Waals surface area contributed by atoms with Crippen molar-refractivity contribution in [3.8, 4) is 0 Å². The van der Waals surface area contributed by atoms with Gasteiger partial charge in [0.1, 0.15) is 11.4 Å². The Labute approximate surface area is 120 Å². The van der Waals surface area contributed by atoms with Gasteiger partial charge in [-0.15, -0.1) is 0 Å². The van der Waals surface area contributed by atoms with Gasteiger partial charge in [-0.1, -0.05) is 18.2 Å². The predicted octanol–water partition coefficient (Wildman–Crippen LogP) is 2.23. The van der Waals surface area contributed by atoms with Crippen molar-refractivity contribution >= 4 is 23.5 Å². The maximum absolute atomic E-state index is 12.2. The lowest BCUT2D eigenvalue weighted by molar-refractivity contribution is 0.0697. The molecule has 0 spiro atoms. The number of aromatic carboxylic acids is 1. The Balaban J connectivity index is 2.36. The standard InChI is InChI=1S/C15H12N2O4/c1-9(18)10-5-2-3-6-11(10)14(19)17-13-12(15(20)21)7-4-8-16-13/h2-8H,1H3,(H,20,21)(H,16,17,19). The highest BCUT2D eigenvalue weighted by Crippen LogP contribution is 2.15. The van der Waals surface area contributed by atoms with Crippen LogP contribution in [0.2, 0.25) is 0 Å². The van der Waals surface area contributed by atoms with Crippen LogP contribution >= 0.6 is 0 Å². The van der Waals surface area contributed by atoms with Crippen LogP contribution in [0.4, 0.5) is 5.82 Å². The van der Waals surface area contributed by atoms with Gasteiger partial charge in [0.15, 0.2) is 5.78 Å². The van der Waals surface area contributed by atoms with Crippen LogP contribution in [0, 0.1) is 0 Å². The van der Waals surface area contributed by atoms with Crippen LogP contribution in [0.1, 0.15) is 38.0 Å². The smallest absolute Gasteiger partial charge is 0.339 e. The number of pyridine rings is 1. The van der Waals surface area contributed by atoms with Gasteiger partial charge in [-0.05, 0) is 25.1 Å². The highest BCUT2D eigenvalue weighted by Gasteiger charge is 2.17. The molecule has 0 aliphatic rings. The molecule has 6 heteroatoms. The summed E-state index contributed by atoms with van der Waals surface area (Å²) in [4.78, 5) is 38.6. The number of ketones is 1. The molecule has 1 aromatic heterocycles. The predicted molar refractivity (Wildman–Crippen MR) is 75.6 cm³/mol. The molecule has 106 valence electrons. The van der Waals surface area contributed by atoms with Crippen molar-refractivity contribution in [3.05, 3.63) is 59.3 Å². The van der Waals surface area contributed by atoms with Crippen LogP contribution in [-0.2, 0) is 0 Å². The third-order valence-electron chi connectivity index (χ3n) is 2.82. The number of carbonyl (C=O) groups is 3. The molecule has 1 heterocycles. The van der Waals surface area contributed by atoms with Crippen molar-refractivity contribution in [2.24, 2.45) is 0 Å². The van der Waals surface area contributed by atoms with Crippen LogP contribution < -0.4 is 5.32 Å². The Morgan fingerprint density at radius 1 is 1.00 bits per heavy atom. The minimum Gasteiger partial charge on any atom is -0.478 e. The zero-order valence-corrected chi connectivity index (χ0v) is 11.2. The van der Waals surface area contributed by atoms with Crippen molar-refractivity contribution in [1.29, 1.82) is 0 Å². The third kappa shape index (κ3) is 3.11. The lowest BCUT2D eigenvalue weighted by Gasteiger charge is -2.09.